The summed E-state index contributed by atoms with van der Waals surface area (Å²) in [6.07, 6.45) is 2.71. The van der Waals surface area contributed by atoms with Crippen molar-refractivity contribution in [3.05, 3.63) is 24.2 Å². The van der Waals surface area contributed by atoms with Gasteiger partial charge in [0.2, 0.25) is 0 Å². The summed E-state index contributed by atoms with van der Waals surface area (Å²) in [5, 5.41) is 7.17. The molecular formula is C14H24N2OS. The first-order valence-electron chi connectivity index (χ1n) is 6.26. The molecule has 102 valence electrons. The Hall–Kier alpha value is -1.03. The van der Waals surface area contributed by atoms with Gasteiger partial charge in [0.05, 0.1) is 12.8 Å². The first-order chi connectivity index (χ1) is 8.18. The molecule has 1 aromatic rings. The van der Waals surface area contributed by atoms with E-state index in [1.165, 1.54) is 0 Å². The number of hydrogen-bond donors (Lipinski definition) is 2. The summed E-state index contributed by atoms with van der Waals surface area (Å²) in [6, 6.07) is 3.80. The minimum atomic E-state index is -0.0223. The molecule has 0 bridgehead atoms. The van der Waals surface area contributed by atoms with Crippen LogP contribution < -0.4 is 10.6 Å². The molecule has 0 aromatic carbocycles. The molecule has 0 saturated carbocycles. The Kier molecular flexibility index (Phi) is 4.79. The third-order valence-corrected chi connectivity index (χ3v) is 2.67. The van der Waals surface area contributed by atoms with Crippen molar-refractivity contribution in [2.45, 2.75) is 53.1 Å². The summed E-state index contributed by atoms with van der Waals surface area (Å²) in [5.41, 5.74) is 0.249. The van der Waals surface area contributed by atoms with Crippen molar-refractivity contribution in [1.29, 1.82) is 0 Å². The van der Waals surface area contributed by atoms with Crippen LogP contribution in [0.5, 0.6) is 0 Å². The molecule has 0 aliphatic rings. The Balaban J connectivity index is 2.39. The van der Waals surface area contributed by atoms with Gasteiger partial charge in [-0.05, 0) is 50.0 Å². The first kappa shape index (κ1) is 15.0. The molecule has 1 rings (SSSR count). The van der Waals surface area contributed by atoms with Crippen LogP contribution in [-0.4, -0.2) is 10.7 Å². The van der Waals surface area contributed by atoms with Gasteiger partial charge >= 0.3 is 0 Å². The molecule has 0 aliphatic carbocycles. The van der Waals surface area contributed by atoms with E-state index in [9.17, 15) is 0 Å². The maximum absolute atomic E-state index is 5.30. The van der Waals surface area contributed by atoms with Crippen LogP contribution in [0.4, 0.5) is 0 Å². The zero-order valence-corrected chi connectivity index (χ0v) is 12.8. The average molecular weight is 268 g/mol. The molecule has 0 unspecified atom stereocenters. The molecule has 2 N–H and O–H groups in total. The zero-order chi connectivity index (χ0) is 13.8. The van der Waals surface area contributed by atoms with E-state index in [4.69, 9.17) is 16.6 Å². The second-order valence-corrected chi connectivity index (χ2v) is 6.92. The van der Waals surface area contributed by atoms with Crippen molar-refractivity contribution in [2.75, 3.05) is 0 Å². The first-order valence-corrected chi connectivity index (χ1v) is 6.67. The lowest BCUT2D eigenvalue weighted by molar-refractivity contribution is 0.266. The maximum atomic E-state index is 5.30. The molecule has 3 nitrogen and oxygen atoms in total. The van der Waals surface area contributed by atoms with Crippen LogP contribution >= 0.6 is 12.2 Å². The topological polar surface area (TPSA) is 37.2 Å². The highest BCUT2D eigenvalue weighted by molar-refractivity contribution is 7.80. The van der Waals surface area contributed by atoms with Crippen LogP contribution in [0.25, 0.3) is 0 Å². The van der Waals surface area contributed by atoms with Crippen molar-refractivity contribution < 1.29 is 4.42 Å². The lowest BCUT2D eigenvalue weighted by Crippen LogP contribution is -2.49. The molecule has 0 spiro atoms. The summed E-state index contributed by atoms with van der Waals surface area (Å²) in [7, 11) is 0. The molecule has 4 heteroatoms. The van der Waals surface area contributed by atoms with Crippen molar-refractivity contribution in [2.24, 2.45) is 5.41 Å². The highest BCUT2D eigenvalue weighted by atomic mass is 32.1. The largest absolute Gasteiger partial charge is 0.467 e. The summed E-state index contributed by atoms with van der Waals surface area (Å²) in [4.78, 5) is 0. The number of furan rings is 1. The van der Waals surface area contributed by atoms with Crippen LogP contribution in [0.15, 0.2) is 22.8 Å². The quantitative estimate of drug-likeness (QED) is 0.820. The highest BCUT2D eigenvalue weighted by Gasteiger charge is 2.25. The van der Waals surface area contributed by atoms with Gasteiger partial charge in [-0.15, -0.1) is 0 Å². The second-order valence-electron chi connectivity index (χ2n) is 6.51. The predicted molar refractivity (Wildman–Crippen MR) is 79.4 cm³/mol. The van der Waals surface area contributed by atoms with E-state index >= 15 is 0 Å². The Morgan fingerprint density at radius 1 is 1.28 bits per heavy atom. The monoisotopic (exact) mass is 268 g/mol. The third-order valence-electron chi connectivity index (χ3n) is 2.43. The minimum Gasteiger partial charge on any atom is -0.467 e. The molecule has 0 atom stereocenters. The summed E-state index contributed by atoms with van der Waals surface area (Å²) < 4.78 is 5.24. The van der Waals surface area contributed by atoms with E-state index in [2.05, 4.69) is 45.3 Å². The molecule has 0 radical (unpaired) electrons. The standard InChI is InChI=1S/C14H24N2OS/c1-13(2,3)10-14(4,5)16-12(18)15-9-11-7-6-8-17-11/h6-8H,9-10H2,1-5H3,(H2,15,16,18). The highest BCUT2D eigenvalue weighted by Crippen LogP contribution is 2.26. The second kappa shape index (κ2) is 5.74. The smallest absolute Gasteiger partial charge is 0.167 e. The van der Waals surface area contributed by atoms with Crippen molar-refractivity contribution >= 4 is 17.3 Å². The number of hydrogen-bond acceptors (Lipinski definition) is 2. The third kappa shape index (κ3) is 6.05. The van der Waals surface area contributed by atoms with Gasteiger partial charge in [0.1, 0.15) is 5.76 Å². The van der Waals surface area contributed by atoms with Gasteiger partial charge in [0.25, 0.3) is 0 Å². The molecular weight excluding hydrogens is 244 g/mol. The molecule has 0 fully saturated rings. The Bertz CT molecular complexity index is 377. The Morgan fingerprint density at radius 2 is 1.94 bits per heavy atom. The fourth-order valence-electron chi connectivity index (χ4n) is 2.30. The summed E-state index contributed by atoms with van der Waals surface area (Å²) in [5.74, 6) is 0.882. The molecule has 0 amide bonds. The van der Waals surface area contributed by atoms with Crippen LogP contribution in [0, 0.1) is 5.41 Å². The predicted octanol–water partition coefficient (Wildman–Crippen LogP) is 3.46. The fraction of sp³-hybridized carbons (Fsp3) is 0.643. The summed E-state index contributed by atoms with van der Waals surface area (Å²) in [6.45, 7) is 11.6. The molecule has 18 heavy (non-hydrogen) atoms. The van der Waals surface area contributed by atoms with Gasteiger partial charge in [-0.2, -0.15) is 0 Å². The van der Waals surface area contributed by atoms with Crippen molar-refractivity contribution in [1.82, 2.24) is 10.6 Å². The van der Waals surface area contributed by atoms with Crippen LogP contribution in [0.1, 0.15) is 46.8 Å². The van der Waals surface area contributed by atoms with E-state index in [0.29, 0.717) is 11.7 Å². The fourth-order valence-corrected chi connectivity index (χ4v) is 2.65. The van der Waals surface area contributed by atoms with Gasteiger partial charge in [0, 0.05) is 5.54 Å². The maximum Gasteiger partial charge on any atom is 0.167 e. The van der Waals surface area contributed by atoms with E-state index in [1.54, 1.807) is 6.26 Å². The number of nitrogens with one attached hydrogen (secondary N) is 2. The van der Waals surface area contributed by atoms with Gasteiger partial charge < -0.3 is 15.1 Å². The number of rotatable bonds is 4. The Morgan fingerprint density at radius 3 is 2.44 bits per heavy atom. The van der Waals surface area contributed by atoms with Crippen molar-refractivity contribution in [3.8, 4) is 0 Å². The summed E-state index contributed by atoms with van der Waals surface area (Å²) >= 11 is 5.30. The molecule has 0 aliphatic heterocycles. The van der Waals surface area contributed by atoms with Crippen LogP contribution in [-0.2, 0) is 6.54 Å². The van der Waals surface area contributed by atoms with E-state index in [0.717, 1.165) is 12.2 Å². The van der Waals surface area contributed by atoms with E-state index < -0.39 is 0 Å². The van der Waals surface area contributed by atoms with Gasteiger partial charge in [-0.3, -0.25) is 0 Å². The SMILES string of the molecule is CC(C)(C)CC(C)(C)NC(=S)NCc1ccco1. The minimum absolute atomic E-state index is 0.0223. The molecule has 1 heterocycles. The van der Waals surface area contributed by atoms with E-state index in [-0.39, 0.29) is 11.0 Å². The van der Waals surface area contributed by atoms with E-state index in [1.807, 2.05) is 12.1 Å². The van der Waals surface area contributed by atoms with Gasteiger partial charge in [-0.1, -0.05) is 20.8 Å². The number of thiocarbonyl (C=S) groups is 1. The molecule has 1 aromatic heterocycles. The average Bonchev–Trinajstić information content (AvgIpc) is 2.61. The lowest BCUT2D eigenvalue weighted by Gasteiger charge is -2.34. The zero-order valence-electron chi connectivity index (χ0n) is 12.0. The van der Waals surface area contributed by atoms with Gasteiger partial charge in [0.15, 0.2) is 5.11 Å². The van der Waals surface area contributed by atoms with Crippen LogP contribution in [0.2, 0.25) is 0 Å². The molecule has 0 saturated heterocycles. The normalized spacial score (nSPS) is 12.3. The van der Waals surface area contributed by atoms with Crippen LogP contribution in [0.3, 0.4) is 0 Å². The van der Waals surface area contributed by atoms with Gasteiger partial charge in [-0.25, -0.2) is 0 Å². The Labute approximate surface area is 115 Å². The lowest BCUT2D eigenvalue weighted by atomic mass is 9.82. The van der Waals surface area contributed by atoms with Crippen molar-refractivity contribution in [3.63, 3.8) is 0 Å².